The SMILES string of the molecule is Cl.Nc1cccc(C(=O)N2CCCC3(CCCCC3)C2)c1. The van der Waals surface area contributed by atoms with Crippen LogP contribution >= 0.6 is 12.4 Å². The largest absolute Gasteiger partial charge is 0.399 e. The minimum Gasteiger partial charge on any atom is -0.399 e. The average Bonchev–Trinajstić information content (AvgIpc) is 2.47. The van der Waals surface area contributed by atoms with Gasteiger partial charge in [0.25, 0.3) is 5.91 Å². The summed E-state index contributed by atoms with van der Waals surface area (Å²) in [5.74, 6) is 0.155. The molecule has 1 saturated carbocycles. The van der Waals surface area contributed by atoms with Gasteiger partial charge in [-0.05, 0) is 49.3 Å². The molecule has 1 aliphatic carbocycles. The van der Waals surface area contributed by atoms with Gasteiger partial charge in [0.2, 0.25) is 0 Å². The van der Waals surface area contributed by atoms with Crippen LogP contribution in [0.1, 0.15) is 55.3 Å². The number of benzene rings is 1. The number of carbonyl (C=O) groups excluding carboxylic acids is 1. The Labute approximate surface area is 133 Å². The second kappa shape index (κ2) is 6.69. The fraction of sp³-hybridized carbons (Fsp3) is 0.588. The molecule has 1 saturated heterocycles. The van der Waals surface area contributed by atoms with E-state index in [0.29, 0.717) is 11.1 Å². The van der Waals surface area contributed by atoms with E-state index in [4.69, 9.17) is 5.73 Å². The highest BCUT2D eigenvalue weighted by atomic mass is 35.5. The van der Waals surface area contributed by atoms with E-state index in [0.717, 1.165) is 25.1 Å². The van der Waals surface area contributed by atoms with Crippen molar-refractivity contribution in [1.82, 2.24) is 4.90 Å². The molecule has 0 bridgehead atoms. The van der Waals surface area contributed by atoms with Crippen LogP contribution in [0.3, 0.4) is 0 Å². The zero-order valence-corrected chi connectivity index (χ0v) is 13.3. The Morgan fingerprint density at radius 2 is 1.81 bits per heavy atom. The number of nitrogens with two attached hydrogens (primary N) is 1. The lowest BCUT2D eigenvalue weighted by molar-refractivity contribution is 0.0384. The Kier molecular flexibility index (Phi) is 5.15. The molecule has 1 heterocycles. The molecule has 0 atom stereocenters. The van der Waals surface area contributed by atoms with Crippen molar-refractivity contribution < 1.29 is 4.79 Å². The third-order valence-corrected chi connectivity index (χ3v) is 5.00. The van der Waals surface area contributed by atoms with E-state index >= 15 is 0 Å². The van der Waals surface area contributed by atoms with Crippen LogP contribution in [-0.4, -0.2) is 23.9 Å². The third-order valence-electron chi connectivity index (χ3n) is 5.00. The minimum absolute atomic E-state index is 0. The predicted molar refractivity (Wildman–Crippen MR) is 88.8 cm³/mol. The molecule has 2 fully saturated rings. The van der Waals surface area contributed by atoms with Gasteiger partial charge in [0.05, 0.1) is 0 Å². The monoisotopic (exact) mass is 308 g/mol. The summed E-state index contributed by atoms with van der Waals surface area (Å²) in [5.41, 5.74) is 7.60. The normalized spacial score (nSPS) is 20.9. The highest BCUT2D eigenvalue weighted by molar-refractivity contribution is 5.95. The quantitative estimate of drug-likeness (QED) is 0.800. The average molecular weight is 309 g/mol. The molecular weight excluding hydrogens is 284 g/mol. The number of carbonyl (C=O) groups is 1. The minimum atomic E-state index is 0. The van der Waals surface area contributed by atoms with Crippen molar-refractivity contribution in [2.75, 3.05) is 18.8 Å². The number of rotatable bonds is 1. The van der Waals surface area contributed by atoms with Gasteiger partial charge in [0.15, 0.2) is 0 Å². The molecule has 21 heavy (non-hydrogen) atoms. The first-order valence-electron chi connectivity index (χ1n) is 7.83. The van der Waals surface area contributed by atoms with E-state index < -0.39 is 0 Å². The second-order valence-electron chi connectivity index (χ2n) is 6.52. The first kappa shape index (κ1) is 16.2. The summed E-state index contributed by atoms with van der Waals surface area (Å²) < 4.78 is 0. The molecule has 1 aromatic carbocycles. The van der Waals surface area contributed by atoms with Crippen molar-refractivity contribution in [2.45, 2.75) is 44.9 Å². The maximum absolute atomic E-state index is 12.6. The van der Waals surface area contributed by atoms with Crippen molar-refractivity contribution in [3.8, 4) is 0 Å². The zero-order valence-electron chi connectivity index (χ0n) is 12.5. The number of hydrogen-bond donors (Lipinski definition) is 1. The summed E-state index contributed by atoms with van der Waals surface area (Å²) >= 11 is 0. The molecule has 0 radical (unpaired) electrons. The van der Waals surface area contributed by atoms with E-state index in [1.165, 1.54) is 38.5 Å². The molecule has 3 nitrogen and oxygen atoms in total. The number of nitrogens with zero attached hydrogens (tertiary/aromatic N) is 1. The molecule has 4 heteroatoms. The molecule has 116 valence electrons. The Morgan fingerprint density at radius 3 is 2.52 bits per heavy atom. The lowest BCUT2D eigenvalue weighted by atomic mass is 9.69. The van der Waals surface area contributed by atoms with Crippen LogP contribution in [0.4, 0.5) is 5.69 Å². The fourth-order valence-electron chi connectivity index (χ4n) is 3.95. The second-order valence-corrected chi connectivity index (χ2v) is 6.52. The summed E-state index contributed by atoms with van der Waals surface area (Å²) in [6.07, 6.45) is 9.08. The van der Waals surface area contributed by atoms with E-state index in [9.17, 15) is 4.79 Å². The molecule has 3 rings (SSSR count). The number of likely N-dealkylation sites (tertiary alicyclic amines) is 1. The van der Waals surface area contributed by atoms with Gasteiger partial charge >= 0.3 is 0 Å². The summed E-state index contributed by atoms with van der Waals surface area (Å²) in [7, 11) is 0. The Bertz CT molecular complexity index is 492. The molecular formula is C17H25ClN2O. The van der Waals surface area contributed by atoms with Gasteiger partial charge in [-0.2, -0.15) is 0 Å². The molecule has 0 unspecified atom stereocenters. The number of hydrogen-bond acceptors (Lipinski definition) is 2. The van der Waals surface area contributed by atoms with Gasteiger partial charge in [-0.3, -0.25) is 4.79 Å². The number of amides is 1. The highest BCUT2D eigenvalue weighted by Crippen LogP contribution is 2.43. The lowest BCUT2D eigenvalue weighted by Crippen LogP contribution is -2.46. The molecule has 1 aromatic rings. The molecule has 1 aliphatic heterocycles. The molecule has 2 aliphatic rings. The molecule has 0 aromatic heterocycles. The van der Waals surface area contributed by atoms with E-state index in [1.54, 1.807) is 6.07 Å². The summed E-state index contributed by atoms with van der Waals surface area (Å²) in [4.78, 5) is 14.7. The zero-order chi connectivity index (χ0) is 14.0. The molecule has 1 amide bonds. The Hall–Kier alpha value is -1.22. The Morgan fingerprint density at radius 1 is 1.10 bits per heavy atom. The lowest BCUT2D eigenvalue weighted by Gasteiger charge is -2.45. The molecule has 1 spiro atoms. The van der Waals surface area contributed by atoms with E-state index in [1.807, 2.05) is 18.2 Å². The smallest absolute Gasteiger partial charge is 0.253 e. The third kappa shape index (κ3) is 3.52. The van der Waals surface area contributed by atoms with Gasteiger partial charge in [-0.1, -0.05) is 25.3 Å². The van der Waals surface area contributed by atoms with Crippen LogP contribution in [0.2, 0.25) is 0 Å². The van der Waals surface area contributed by atoms with Crippen molar-refractivity contribution in [3.05, 3.63) is 29.8 Å². The highest BCUT2D eigenvalue weighted by Gasteiger charge is 2.37. The van der Waals surface area contributed by atoms with Crippen LogP contribution in [0, 0.1) is 5.41 Å². The van der Waals surface area contributed by atoms with Crippen LogP contribution in [0.25, 0.3) is 0 Å². The van der Waals surface area contributed by atoms with Gasteiger partial charge in [0, 0.05) is 24.3 Å². The van der Waals surface area contributed by atoms with Crippen LogP contribution < -0.4 is 5.73 Å². The standard InChI is InChI=1S/C17H24N2O.ClH/c18-15-7-4-6-14(12-15)16(20)19-11-5-10-17(13-19)8-2-1-3-9-17;/h4,6-7,12H,1-3,5,8-11,13,18H2;1H. The number of halogens is 1. The van der Waals surface area contributed by atoms with Crippen molar-refractivity contribution >= 4 is 24.0 Å². The Balaban J connectivity index is 0.00000161. The number of nitrogen functional groups attached to an aromatic ring is 1. The van der Waals surface area contributed by atoms with Crippen molar-refractivity contribution in [2.24, 2.45) is 5.41 Å². The van der Waals surface area contributed by atoms with Crippen molar-refractivity contribution in [1.29, 1.82) is 0 Å². The van der Waals surface area contributed by atoms with Crippen LogP contribution in [0.5, 0.6) is 0 Å². The molecule has 2 N–H and O–H groups in total. The van der Waals surface area contributed by atoms with Gasteiger partial charge in [-0.25, -0.2) is 0 Å². The maximum Gasteiger partial charge on any atom is 0.253 e. The number of piperidine rings is 1. The summed E-state index contributed by atoms with van der Waals surface area (Å²) in [5, 5.41) is 0. The van der Waals surface area contributed by atoms with E-state index in [2.05, 4.69) is 4.90 Å². The van der Waals surface area contributed by atoms with Gasteiger partial charge in [0.1, 0.15) is 0 Å². The predicted octanol–water partition coefficient (Wildman–Crippen LogP) is 3.88. The fourth-order valence-corrected chi connectivity index (χ4v) is 3.95. The maximum atomic E-state index is 12.6. The summed E-state index contributed by atoms with van der Waals surface area (Å²) in [6, 6.07) is 7.36. The topological polar surface area (TPSA) is 46.3 Å². The first-order chi connectivity index (χ1) is 9.69. The van der Waals surface area contributed by atoms with Crippen LogP contribution in [0.15, 0.2) is 24.3 Å². The summed E-state index contributed by atoms with van der Waals surface area (Å²) in [6.45, 7) is 1.84. The van der Waals surface area contributed by atoms with Gasteiger partial charge < -0.3 is 10.6 Å². The first-order valence-corrected chi connectivity index (χ1v) is 7.83. The van der Waals surface area contributed by atoms with Crippen molar-refractivity contribution in [3.63, 3.8) is 0 Å². The van der Waals surface area contributed by atoms with Crippen LogP contribution in [-0.2, 0) is 0 Å². The van der Waals surface area contributed by atoms with E-state index in [-0.39, 0.29) is 18.3 Å². The van der Waals surface area contributed by atoms with Gasteiger partial charge in [-0.15, -0.1) is 12.4 Å². The number of anilines is 1.